The van der Waals surface area contributed by atoms with Crippen molar-refractivity contribution in [2.24, 2.45) is 0 Å². The molecule has 2 fully saturated rings. The second-order valence-corrected chi connectivity index (χ2v) is 7.87. The topological polar surface area (TPSA) is 65.1 Å². The molecule has 0 unspecified atom stereocenters. The predicted molar refractivity (Wildman–Crippen MR) is 85.1 cm³/mol. The molecule has 2 saturated heterocycles. The first-order chi connectivity index (χ1) is 11.1. The van der Waals surface area contributed by atoms with Crippen molar-refractivity contribution in [2.45, 2.75) is 42.4 Å². The quantitative estimate of drug-likeness (QED) is 0.815. The summed E-state index contributed by atoms with van der Waals surface area (Å²) in [6.07, 6.45) is 2.42. The lowest BCUT2D eigenvalue weighted by Crippen LogP contribution is -2.45. The molecule has 2 aliphatic rings. The minimum absolute atomic E-state index is 0.0306. The minimum Gasteiger partial charge on any atom is -0.497 e. The predicted octanol–water partition coefficient (Wildman–Crippen LogP) is 1.65. The van der Waals surface area contributed by atoms with Gasteiger partial charge in [0.05, 0.1) is 36.9 Å². The van der Waals surface area contributed by atoms with Crippen LogP contribution in [-0.2, 0) is 19.5 Å². The summed E-state index contributed by atoms with van der Waals surface area (Å²) in [6, 6.07) is 6.46. The summed E-state index contributed by atoms with van der Waals surface area (Å²) in [7, 11) is -0.280. The number of ether oxygens (including phenoxy) is 3. The molecule has 0 saturated carbocycles. The zero-order chi connectivity index (χ0) is 16.4. The fourth-order valence-corrected chi connectivity index (χ4v) is 5.14. The van der Waals surface area contributed by atoms with Gasteiger partial charge in [-0.05, 0) is 43.5 Å². The van der Waals surface area contributed by atoms with Crippen molar-refractivity contribution in [1.29, 1.82) is 0 Å². The van der Waals surface area contributed by atoms with Crippen LogP contribution in [0, 0.1) is 0 Å². The monoisotopic (exact) mass is 341 g/mol. The van der Waals surface area contributed by atoms with E-state index >= 15 is 0 Å². The van der Waals surface area contributed by atoms with Crippen LogP contribution in [0.4, 0.5) is 0 Å². The van der Waals surface area contributed by atoms with Gasteiger partial charge in [0, 0.05) is 13.7 Å². The third-order valence-electron chi connectivity index (χ3n) is 4.60. The highest BCUT2D eigenvalue weighted by atomic mass is 32.2. The molecule has 3 atom stereocenters. The Labute approximate surface area is 137 Å². The van der Waals surface area contributed by atoms with Crippen LogP contribution in [0.15, 0.2) is 29.2 Å². The summed E-state index contributed by atoms with van der Waals surface area (Å²) in [6.45, 7) is 1.07. The van der Waals surface area contributed by atoms with Crippen LogP contribution in [0.5, 0.6) is 5.75 Å². The van der Waals surface area contributed by atoms with Crippen LogP contribution in [0.1, 0.15) is 19.3 Å². The Morgan fingerprint density at radius 3 is 2.57 bits per heavy atom. The first-order valence-corrected chi connectivity index (χ1v) is 9.30. The fraction of sp³-hybridized carbons (Fsp3) is 0.625. The molecule has 0 radical (unpaired) electrons. The van der Waals surface area contributed by atoms with Crippen molar-refractivity contribution in [3.63, 3.8) is 0 Å². The smallest absolute Gasteiger partial charge is 0.243 e. The molecular formula is C16H23NO5S. The van der Waals surface area contributed by atoms with E-state index in [0.29, 0.717) is 23.8 Å². The van der Waals surface area contributed by atoms with Gasteiger partial charge in [0.25, 0.3) is 0 Å². The third-order valence-corrected chi connectivity index (χ3v) is 6.54. The van der Waals surface area contributed by atoms with Crippen LogP contribution in [0.25, 0.3) is 0 Å². The lowest BCUT2D eigenvalue weighted by molar-refractivity contribution is -0.0872. The van der Waals surface area contributed by atoms with E-state index in [1.165, 1.54) is 0 Å². The summed E-state index contributed by atoms with van der Waals surface area (Å²) < 4.78 is 43.6. The van der Waals surface area contributed by atoms with E-state index in [2.05, 4.69) is 0 Å². The van der Waals surface area contributed by atoms with Crippen LogP contribution < -0.4 is 4.74 Å². The zero-order valence-corrected chi connectivity index (χ0v) is 14.3. The van der Waals surface area contributed by atoms with Crippen molar-refractivity contribution in [1.82, 2.24) is 4.31 Å². The van der Waals surface area contributed by atoms with Gasteiger partial charge in [-0.1, -0.05) is 0 Å². The number of fused-ring (bicyclic) bond motifs is 1. The van der Waals surface area contributed by atoms with Crippen molar-refractivity contribution in [3.8, 4) is 5.75 Å². The molecule has 1 aromatic carbocycles. The standard InChI is InChI=1S/C16H23NO5S/c1-20-11-13-5-8-15-16(22-13)9-10-17(15)23(18,19)14-6-3-12(21-2)4-7-14/h3-4,6-7,13,15-16H,5,8-11H2,1-2H3/t13-,15+,16+/m1/s1. The molecule has 1 aromatic rings. The lowest BCUT2D eigenvalue weighted by Gasteiger charge is -2.35. The maximum atomic E-state index is 12.9. The van der Waals surface area contributed by atoms with Crippen LogP contribution in [0.2, 0.25) is 0 Å². The molecule has 2 aliphatic heterocycles. The highest BCUT2D eigenvalue weighted by Crippen LogP contribution is 2.35. The second kappa shape index (κ2) is 6.76. The Kier molecular flexibility index (Phi) is 4.91. The SMILES string of the molecule is COC[C@H]1CC[C@H]2[C@H](CCN2S(=O)(=O)c2ccc(OC)cc2)O1. The average molecular weight is 341 g/mol. The summed E-state index contributed by atoms with van der Waals surface area (Å²) >= 11 is 0. The van der Waals surface area contributed by atoms with E-state index in [1.54, 1.807) is 42.8 Å². The van der Waals surface area contributed by atoms with E-state index in [-0.39, 0.29) is 18.2 Å². The van der Waals surface area contributed by atoms with Gasteiger partial charge >= 0.3 is 0 Å². The van der Waals surface area contributed by atoms with Gasteiger partial charge in [0.1, 0.15) is 5.75 Å². The molecule has 7 heteroatoms. The van der Waals surface area contributed by atoms with Gasteiger partial charge in [-0.3, -0.25) is 0 Å². The molecule has 0 N–H and O–H groups in total. The van der Waals surface area contributed by atoms with E-state index in [0.717, 1.165) is 19.3 Å². The Balaban J connectivity index is 1.76. The number of benzene rings is 1. The maximum Gasteiger partial charge on any atom is 0.243 e. The van der Waals surface area contributed by atoms with Gasteiger partial charge in [0.2, 0.25) is 10.0 Å². The van der Waals surface area contributed by atoms with Crippen LogP contribution in [-0.4, -0.2) is 58.3 Å². The molecular weight excluding hydrogens is 318 g/mol. The maximum absolute atomic E-state index is 12.9. The Bertz CT molecular complexity index is 630. The number of hydrogen-bond acceptors (Lipinski definition) is 5. The Hall–Kier alpha value is -1.15. The number of methoxy groups -OCH3 is 2. The summed E-state index contributed by atoms with van der Waals surface area (Å²) in [5.41, 5.74) is 0. The van der Waals surface area contributed by atoms with Crippen LogP contribution >= 0.6 is 0 Å². The van der Waals surface area contributed by atoms with Crippen LogP contribution in [0.3, 0.4) is 0 Å². The van der Waals surface area contributed by atoms with E-state index in [4.69, 9.17) is 14.2 Å². The molecule has 128 valence electrons. The first-order valence-electron chi connectivity index (χ1n) is 7.86. The molecule has 0 bridgehead atoms. The van der Waals surface area contributed by atoms with Crippen molar-refractivity contribution in [2.75, 3.05) is 27.4 Å². The van der Waals surface area contributed by atoms with Gasteiger partial charge in [-0.2, -0.15) is 4.31 Å². The van der Waals surface area contributed by atoms with Gasteiger partial charge in [-0.15, -0.1) is 0 Å². The van der Waals surface area contributed by atoms with Crippen molar-refractivity contribution < 1.29 is 22.6 Å². The number of sulfonamides is 1. The molecule has 23 heavy (non-hydrogen) atoms. The van der Waals surface area contributed by atoms with Crippen molar-refractivity contribution in [3.05, 3.63) is 24.3 Å². The second-order valence-electron chi connectivity index (χ2n) is 5.98. The first kappa shape index (κ1) is 16.7. The molecule has 0 aliphatic carbocycles. The molecule has 6 nitrogen and oxygen atoms in total. The number of hydrogen-bond donors (Lipinski definition) is 0. The normalized spacial score (nSPS) is 28.5. The molecule has 2 heterocycles. The van der Waals surface area contributed by atoms with E-state index in [9.17, 15) is 8.42 Å². The molecule has 3 rings (SSSR count). The summed E-state index contributed by atoms with van der Waals surface area (Å²) in [5, 5.41) is 0. The third kappa shape index (κ3) is 3.24. The number of rotatable bonds is 5. The lowest BCUT2D eigenvalue weighted by atomic mass is 10.0. The van der Waals surface area contributed by atoms with E-state index in [1.807, 2.05) is 0 Å². The molecule has 0 spiro atoms. The highest BCUT2D eigenvalue weighted by molar-refractivity contribution is 7.89. The zero-order valence-electron chi connectivity index (χ0n) is 13.5. The Morgan fingerprint density at radius 2 is 1.91 bits per heavy atom. The molecule has 0 amide bonds. The van der Waals surface area contributed by atoms with Gasteiger partial charge in [-0.25, -0.2) is 8.42 Å². The van der Waals surface area contributed by atoms with Gasteiger partial charge in [0.15, 0.2) is 0 Å². The summed E-state index contributed by atoms with van der Waals surface area (Å²) in [4.78, 5) is 0.304. The largest absolute Gasteiger partial charge is 0.497 e. The highest BCUT2D eigenvalue weighted by Gasteiger charge is 2.45. The van der Waals surface area contributed by atoms with E-state index < -0.39 is 10.0 Å². The number of nitrogens with zero attached hydrogens (tertiary/aromatic N) is 1. The fourth-order valence-electron chi connectivity index (χ4n) is 3.45. The summed E-state index contributed by atoms with van der Waals surface area (Å²) in [5.74, 6) is 0.645. The van der Waals surface area contributed by atoms with Gasteiger partial charge < -0.3 is 14.2 Å². The minimum atomic E-state index is -3.50. The Morgan fingerprint density at radius 1 is 1.17 bits per heavy atom. The van der Waals surface area contributed by atoms with Crippen molar-refractivity contribution >= 4 is 10.0 Å². The average Bonchev–Trinajstić information content (AvgIpc) is 2.99. The molecule has 0 aromatic heterocycles.